The van der Waals surface area contributed by atoms with E-state index in [0.717, 1.165) is 18.5 Å². The average molecular weight is 238 g/mol. The molecule has 1 aromatic heterocycles. The highest BCUT2D eigenvalue weighted by Crippen LogP contribution is 2.04. The number of rotatable bonds is 6. The van der Waals surface area contributed by atoms with Crippen molar-refractivity contribution in [3.05, 3.63) is 22.6 Å². The van der Waals surface area contributed by atoms with Crippen LogP contribution in [0, 0.1) is 0 Å². The summed E-state index contributed by atoms with van der Waals surface area (Å²) in [4.78, 5) is 13.7. The Morgan fingerprint density at radius 3 is 2.71 bits per heavy atom. The molecule has 0 saturated heterocycles. The Balaban J connectivity index is 2.82. The van der Waals surface area contributed by atoms with Crippen LogP contribution in [-0.2, 0) is 6.54 Å². The number of anilines is 1. The number of nitrogens with zero attached hydrogens (tertiary/aromatic N) is 3. The summed E-state index contributed by atoms with van der Waals surface area (Å²) in [6.07, 6.45) is 3.86. The van der Waals surface area contributed by atoms with Crippen molar-refractivity contribution in [3.63, 3.8) is 0 Å². The zero-order valence-electron chi connectivity index (χ0n) is 11.1. The van der Waals surface area contributed by atoms with Crippen LogP contribution in [0.5, 0.6) is 0 Å². The molecule has 1 rings (SSSR count). The summed E-state index contributed by atoms with van der Waals surface area (Å²) < 4.78 is 1.52. The van der Waals surface area contributed by atoms with Gasteiger partial charge in [-0.1, -0.05) is 13.3 Å². The second-order valence-electron chi connectivity index (χ2n) is 4.40. The third-order valence-corrected chi connectivity index (χ3v) is 2.81. The molecule has 0 saturated carbocycles. The SMILES string of the molecule is CCCC(Cn1ncc(N(C)C)cc1=O)NC. The molecular weight excluding hydrogens is 216 g/mol. The molecule has 0 amide bonds. The third kappa shape index (κ3) is 3.85. The first-order valence-electron chi connectivity index (χ1n) is 6.00. The molecule has 1 N–H and O–H groups in total. The van der Waals surface area contributed by atoms with Gasteiger partial charge < -0.3 is 10.2 Å². The van der Waals surface area contributed by atoms with Crippen LogP contribution in [0.25, 0.3) is 0 Å². The van der Waals surface area contributed by atoms with Gasteiger partial charge in [-0.3, -0.25) is 4.79 Å². The van der Waals surface area contributed by atoms with E-state index in [0.29, 0.717) is 12.6 Å². The van der Waals surface area contributed by atoms with Gasteiger partial charge in [0.2, 0.25) is 0 Å². The Morgan fingerprint density at radius 2 is 2.24 bits per heavy atom. The standard InChI is InChI=1S/C12H22N4O/c1-5-6-10(13-2)9-16-12(17)7-11(8-14-16)15(3)4/h7-8,10,13H,5-6,9H2,1-4H3. The minimum Gasteiger partial charge on any atom is -0.376 e. The number of nitrogens with one attached hydrogen (secondary N) is 1. The summed E-state index contributed by atoms with van der Waals surface area (Å²) in [5.41, 5.74) is 0.787. The molecule has 5 heteroatoms. The van der Waals surface area contributed by atoms with Gasteiger partial charge in [0, 0.05) is 26.2 Å². The fourth-order valence-electron chi connectivity index (χ4n) is 1.69. The highest BCUT2D eigenvalue weighted by molar-refractivity contribution is 5.40. The fraction of sp³-hybridized carbons (Fsp3) is 0.667. The topological polar surface area (TPSA) is 50.2 Å². The first kappa shape index (κ1) is 13.7. The Labute approximate surface area is 102 Å². The van der Waals surface area contributed by atoms with Crippen LogP contribution in [0.15, 0.2) is 17.1 Å². The third-order valence-electron chi connectivity index (χ3n) is 2.81. The largest absolute Gasteiger partial charge is 0.376 e. The van der Waals surface area contributed by atoms with Gasteiger partial charge in [0.1, 0.15) is 0 Å². The van der Waals surface area contributed by atoms with Crippen molar-refractivity contribution >= 4 is 5.69 Å². The second kappa shape index (κ2) is 6.39. The molecule has 0 bridgehead atoms. The molecule has 5 nitrogen and oxygen atoms in total. The Hall–Kier alpha value is -1.36. The van der Waals surface area contributed by atoms with E-state index in [1.165, 1.54) is 4.68 Å². The van der Waals surface area contributed by atoms with Crippen molar-refractivity contribution < 1.29 is 0 Å². The summed E-state index contributed by atoms with van der Waals surface area (Å²) in [6, 6.07) is 1.92. The van der Waals surface area contributed by atoms with Gasteiger partial charge in [-0.25, -0.2) is 4.68 Å². The lowest BCUT2D eigenvalue weighted by Gasteiger charge is -2.17. The Bertz CT molecular complexity index is 400. The summed E-state index contributed by atoms with van der Waals surface area (Å²) in [5.74, 6) is 0. The molecule has 1 atom stereocenters. The van der Waals surface area contributed by atoms with Crippen LogP contribution in [-0.4, -0.2) is 37.0 Å². The first-order chi connectivity index (χ1) is 8.08. The normalized spacial score (nSPS) is 12.5. The summed E-state index contributed by atoms with van der Waals surface area (Å²) in [7, 11) is 5.71. The van der Waals surface area contributed by atoms with Gasteiger partial charge in [-0.2, -0.15) is 5.10 Å². The highest BCUT2D eigenvalue weighted by atomic mass is 16.1. The minimum atomic E-state index is -0.0486. The molecule has 0 fully saturated rings. The van der Waals surface area contributed by atoms with Crippen molar-refractivity contribution in [1.82, 2.24) is 15.1 Å². The lowest BCUT2D eigenvalue weighted by molar-refractivity contribution is 0.415. The average Bonchev–Trinajstić information content (AvgIpc) is 2.30. The van der Waals surface area contributed by atoms with Gasteiger partial charge >= 0.3 is 0 Å². The van der Waals surface area contributed by atoms with Gasteiger partial charge in [0.05, 0.1) is 18.4 Å². The summed E-state index contributed by atoms with van der Waals surface area (Å²) >= 11 is 0. The smallest absolute Gasteiger partial charge is 0.268 e. The maximum atomic E-state index is 11.8. The molecule has 0 radical (unpaired) electrons. The van der Waals surface area contributed by atoms with E-state index in [1.807, 2.05) is 26.0 Å². The van der Waals surface area contributed by atoms with E-state index in [2.05, 4.69) is 17.3 Å². The van der Waals surface area contributed by atoms with Crippen LogP contribution < -0.4 is 15.8 Å². The highest BCUT2D eigenvalue weighted by Gasteiger charge is 2.08. The summed E-state index contributed by atoms with van der Waals surface area (Å²) in [6.45, 7) is 2.76. The van der Waals surface area contributed by atoms with E-state index in [-0.39, 0.29) is 5.56 Å². The summed E-state index contributed by atoms with van der Waals surface area (Å²) in [5, 5.41) is 7.40. The molecule has 0 spiro atoms. The zero-order valence-corrected chi connectivity index (χ0v) is 11.1. The lowest BCUT2D eigenvalue weighted by Crippen LogP contribution is -2.35. The lowest BCUT2D eigenvalue weighted by atomic mass is 10.2. The van der Waals surface area contributed by atoms with Crippen LogP contribution in [0.3, 0.4) is 0 Å². The quantitative estimate of drug-likeness (QED) is 0.792. The van der Waals surface area contributed by atoms with Crippen molar-refractivity contribution in [2.75, 3.05) is 26.0 Å². The van der Waals surface area contributed by atoms with Crippen LogP contribution in [0.4, 0.5) is 5.69 Å². The molecule has 1 unspecified atom stereocenters. The van der Waals surface area contributed by atoms with E-state index in [1.54, 1.807) is 12.3 Å². The zero-order chi connectivity index (χ0) is 12.8. The van der Waals surface area contributed by atoms with Gasteiger partial charge in [-0.15, -0.1) is 0 Å². The van der Waals surface area contributed by atoms with Crippen LogP contribution >= 0.6 is 0 Å². The number of likely N-dealkylation sites (N-methyl/N-ethyl adjacent to an activating group) is 1. The van der Waals surface area contributed by atoms with Crippen LogP contribution in [0.1, 0.15) is 19.8 Å². The molecule has 0 aliphatic heterocycles. The van der Waals surface area contributed by atoms with Gasteiger partial charge in [0.25, 0.3) is 5.56 Å². The maximum Gasteiger partial charge on any atom is 0.268 e. The van der Waals surface area contributed by atoms with Crippen molar-refractivity contribution in [3.8, 4) is 0 Å². The minimum absolute atomic E-state index is 0.0486. The Kier molecular flexibility index (Phi) is 5.15. The molecule has 17 heavy (non-hydrogen) atoms. The molecule has 0 aliphatic rings. The van der Waals surface area contributed by atoms with Gasteiger partial charge in [0.15, 0.2) is 0 Å². The first-order valence-corrected chi connectivity index (χ1v) is 6.00. The molecule has 0 aromatic carbocycles. The molecule has 1 aromatic rings. The molecule has 96 valence electrons. The molecular formula is C12H22N4O. The molecule has 0 aliphatic carbocycles. The second-order valence-corrected chi connectivity index (χ2v) is 4.40. The van der Waals surface area contributed by atoms with Crippen molar-refractivity contribution in [2.24, 2.45) is 0 Å². The Morgan fingerprint density at radius 1 is 1.53 bits per heavy atom. The van der Waals surface area contributed by atoms with Crippen molar-refractivity contribution in [2.45, 2.75) is 32.4 Å². The maximum absolute atomic E-state index is 11.8. The monoisotopic (exact) mass is 238 g/mol. The van der Waals surface area contributed by atoms with Crippen molar-refractivity contribution in [1.29, 1.82) is 0 Å². The van der Waals surface area contributed by atoms with Gasteiger partial charge in [-0.05, 0) is 13.5 Å². The number of aromatic nitrogens is 2. The van der Waals surface area contributed by atoms with E-state index < -0.39 is 0 Å². The van der Waals surface area contributed by atoms with E-state index >= 15 is 0 Å². The van der Waals surface area contributed by atoms with E-state index in [4.69, 9.17) is 0 Å². The molecule has 1 heterocycles. The predicted octanol–water partition coefficient (Wildman–Crippen LogP) is 0.697. The number of hydrogen-bond donors (Lipinski definition) is 1. The predicted molar refractivity (Wildman–Crippen MR) is 70.6 cm³/mol. The fourth-order valence-corrected chi connectivity index (χ4v) is 1.69. The van der Waals surface area contributed by atoms with Crippen LogP contribution in [0.2, 0.25) is 0 Å². The van der Waals surface area contributed by atoms with E-state index in [9.17, 15) is 4.79 Å². The number of hydrogen-bond acceptors (Lipinski definition) is 4.